The second-order valence-corrected chi connectivity index (χ2v) is 7.46. The van der Waals surface area contributed by atoms with Crippen molar-refractivity contribution in [3.05, 3.63) is 77.6 Å². The Labute approximate surface area is 197 Å². The number of carbonyl (C=O) groups excluding carboxylic acids is 1. The number of benzene rings is 2. The minimum Gasteiger partial charge on any atom is -0.492 e. The molecule has 0 N–H and O–H groups in total. The van der Waals surface area contributed by atoms with E-state index in [4.69, 9.17) is 23.0 Å². The van der Waals surface area contributed by atoms with Gasteiger partial charge in [0.05, 0.1) is 37.2 Å². The minimum absolute atomic E-state index is 0.131. The maximum absolute atomic E-state index is 12.2. The van der Waals surface area contributed by atoms with Crippen molar-refractivity contribution in [2.45, 2.75) is 27.2 Å². The summed E-state index contributed by atoms with van der Waals surface area (Å²) in [4.78, 5) is 16.8. The molecule has 4 rings (SSSR count). The normalized spacial score (nSPS) is 11.6. The van der Waals surface area contributed by atoms with Crippen molar-refractivity contribution in [3.8, 4) is 17.2 Å². The Balaban J connectivity index is 1.49. The number of fused-ring (bicyclic) bond motifs is 1. The first-order valence-corrected chi connectivity index (χ1v) is 11.3. The molecule has 0 radical (unpaired) electrons. The van der Waals surface area contributed by atoms with Crippen molar-refractivity contribution in [1.82, 2.24) is 4.98 Å². The number of hydrogen-bond donors (Lipinski definition) is 0. The third kappa shape index (κ3) is 5.14. The molecule has 2 heterocycles. The van der Waals surface area contributed by atoms with Gasteiger partial charge in [-0.15, -0.1) is 0 Å². The molecule has 0 amide bonds. The van der Waals surface area contributed by atoms with E-state index in [1.165, 1.54) is 0 Å². The number of ether oxygens (including phenoxy) is 3. The average Bonchev–Trinajstić information content (AvgIpc) is 3.48. The number of esters is 1. The lowest BCUT2D eigenvalue weighted by Gasteiger charge is -2.10. The largest absolute Gasteiger partial charge is 0.492 e. The number of nitrogens with zero attached hydrogens (tertiary/aromatic N) is 1. The summed E-state index contributed by atoms with van der Waals surface area (Å²) in [5.41, 5.74) is 3.10. The first-order valence-electron chi connectivity index (χ1n) is 11.3. The van der Waals surface area contributed by atoms with Crippen LogP contribution in [0.4, 0.5) is 0 Å². The highest BCUT2D eigenvalue weighted by molar-refractivity contribution is 5.96. The molecule has 0 spiro atoms. The Kier molecular flexibility index (Phi) is 7.32. The fraction of sp³-hybridized carbons (Fsp3) is 0.259. The van der Waals surface area contributed by atoms with Crippen molar-refractivity contribution < 1.29 is 27.8 Å². The zero-order chi connectivity index (χ0) is 23.9. The zero-order valence-corrected chi connectivity index (χ0v) is 19.5. The maximum Gasteiger partial charge on any atom is 0.373 e. The van der Waals surface area contributed by atoms with Gasteiger partial charge in [-0.1, -0.05) is 18.2 Å². The van der Waals surface area contributed by atoms with Crippen LogP contribution in [0.2, 0.25) is 0 Å². The number of carbonyl (C=O) groups is 1. The molecule has 0 aliphatic carbocycles. The van der Waals surface area contributed by atoms with E-state index < -0.39 is 5.97 Å². The fourth-order valence-electron chi connectivity index (χ4n) is 3.58. The number of hydrogen-bond acceptors (Lipinski definition) is 7. The Morgan fingerprint density at radius 2 is 1.82 bits per heavy atom. The SMILES string of the molecule is CCOC(=O)C(=Cc1ccc(OCCc2nc(-c3ccccc3)oc2C)c2ccoc12)OCC. The third-order valence-electron chi connectivity index (χ3n) is 5.18. The zero-order valence-electron chi connectivity index (χ0n) is 19.5. The average molecular weight is 462 g/mol. The van der Waals surface area contributed by atoms with Gasteiger partial charge < -0.3 is 23.0 Å². The van der Waals surface area contributed by atoms with Gasteiger partial charge in [-0.2, -0.15) is 0 Å². The van der Waals surface area contributed by atoms with E-state index in [1.54, 1.807) is 19.3 Å². The molecule has 7 heteroatoms. The molecule has 0 aliphatic rings. The van der Waals surface area contributed by atoms with Crippen LogP contribution >= 0.6 is 0 Å². The van der Waals surface area contributed by atoms with Gasteiger partial charge in [0.1, 0.15) is 17.1 Å². The molecule has 0 saturated heterocycles. The second kappa shape index (κ2) is 10.7. The first kappa shape index (κ1) is 23.2. The summed E-state index contributed by atoms with van der Waals surface area (Å²) in [6, 6.07) is 15.3. The standard InChI is InChI=1S/C27H27NO6/c1-4-30-24(27(29)31-5-2)17-20-11-12-23(21-13-15-33-25(20)21)32-16-14-22-18(3)34-26(28-22)19-9-7-6-8-10-19/h6-13,15,17H,4-5,14,16H2,1-3H3. The summed E-state index contributed by atoms with van der Waals surface area (Å²) in [7, 11) is 0. The number of furan rings is 1. The molecule has 2 aromatic carbocycles. The predicted molar refractivity (Wildman–Crippen MR) is 128 cm³/mol. The second-order valence-electron chi connectivity index (χ2n) is 7.46. The van der Waals surface area contributed by atoms with Crippen LogP contribution in [0.25, 0.3) is 28.5 Å². The molecule has 34 heavy (non-hydrogen) atoms. The topological polar surface area (TPSA) is 83.9 Å². The van der Waals surface area contributed by atoms with Gasteiger partial charge in [0.15, 0.2) is 0 Å². The van der Waals surface area contributed by atoms with Crippen LogP contribution in [0.15, 0.2) is 69.4 Å². The lowest BCUT2D eigenvalue weighted by Crippen LogP contribution is -2.10. The summed E-state index contributed by atoms with van der Waals surface area (Å²) < 4.78 is 28.1. The summed E-state index contributed by atoms with van der Waals surface area (Å²) in [6.07, 6.45) is 3.81. The van der Waals surface area contributed by atoms with E-state index in [2.05, 4.69) is 4.98 Å². The Morgan fingerprint density at radius 1 is 1.03 bits per heavy atom. The van der Waals surface area contributed by atoms with E-state index in [0.717, 1.165) is 22.4 Å². The minimum atomic E-state index is -0.512. The quantitative estimate of drug-likeness (QED) is 0.164. The van der Waals surface area contributed by atoms with Crippen LogP contribution in [0, 0.1) is 6.92 Å². The first-order chi connectivity index (χ1) is 16.6. The molecule has 0 atom stereocenters. The van der Waals surface area contributed by atoms with Gasteiger partial charge in [0.25, 0.3) is 0 Å². The molecular formula is C27H27NO6. The molecule has 0 bridgehead atoms. The third-order valence-corrected chi connectivity index (χ3v) is 5.18. The monoisotopic (exact) mass is 461 g/mol. The number of aryl methyl sites for hydroxylation is 1. The Bertz CT molecular complexity index is 1290. The van der Waals surface area contributed by atoms with Crippen LogP contribution in [0.5, 0.6) is 5.75 Å². The van der Waals surface area contributed by atoms with E-state index in [-0.39, 0.29) is 12.4 Å². The fourth-order valence-corrected chi connectivity index (χ4v) is 3.58. The summed E-state index contributed by atoms with van der Waals surface area (Å²) >= 11 is 0. The molecule has 0 saturated carbocycles. The van der Waals surface area contributed by atoms with Crippen molar-refractivity contribution >= 4 is 23.0 Å². The number of rotatable bonds is 10. The van der Waals surface area contributed by atoms with Crippen LogP contribution in [-0.4, -0.2) is 30.8 Å². The van der Waals surface area contributed by atoms with Crippen molar-refractivity contribution in [3.63, 3.8) is 0 Å². The molecule has 0 aliphatic heterocycles. The summed E-state index contributed by atoms with van der Waals surface area (Å²) in [5, 5.41) is 0.801. The van der Waals surface area contributed by atoms with Crippen molar-refractivity contribution in [2.24, 2.45) is 0 Å². The van der Waals surface area contributed by atoms with Crippen molar-refractivity contribution in [1.29, 1.82) is 0 Å². The molecule has 4 aromatic rings. The highest BCUT2D eigenvalue weighted by atomic mass is 16.6. The van der Waals surface area contributed by atoms with Crippen LogP contribution in [0.1, 0.15) is 30.9 Å². The van der Waals surface area contributed by atoms with E-state index in [9.17, 15) is 4.79 Å². The maximum atomic E-state index is 12.2. The van der Waals surface area contributed by atoms with Crippen molar-refractivity contribution in [2.75, 3.05) is 19.8 Å². The van der Waals surface area contributed by atoms with Gasteiger partial charge in [-0.05, 0) is 57.2 Å². The molecule has 0 unspecified atom stereocenters. The lowest BCUT2D eigenvalue weighted by atomic mass is 10.1. The van der Waals surface area contributed by atoms with E-state index >= 15 is 0 Å². The highest BCUT2D eigenvalue weighted by Gasteiger charge is 2.16. The molecule has 2 aromatic heterocycles. The Morgan fingerprint density at radius 3 is 2.59 bits per heavy atom. The number of aromatic nitrogens is 1. The predicted octanol–water partition coefficient (Wildman–Crippen LogP) is 5.96. The highest BCUT2D eigenvalue weighted by Crippen LogP contribution is 2.31. The van der Waals surface area contributed by atoms with Crippen LogP contribution < -0.4 is 4.74 Å². The van der Waals surface area contributed by atoms with Gasteiger partial charge in [0.2, 0.25) is 11.6 Å². The summed E-state index contributed by atoms with van der Waals surface area (Å²) in [6.45, 7) is 6.51. The van der Waals surface area contributed by atoms with Crippen LogP contribution in [0.3, 0.4) is 0 Å². The van der Waals surface area contributed by atoms with Crippen LogP contribution in [-0.2, 0) is 20.7 Å². The Hall–Kier alpha value is -4.00. The lowest BCUT2D eigenvalue weighted by molar-refractivity contribution is -0.142. The van der Waals surface area contributed by atoms with E-state index in [0.29, 0.717) is 42.4 Å². The van der Waals surface area contributed by atoms with Gasteiger partial charge in [-0.3, -0.25) is 0 Å². The molecule has 7 nitrogen and oxygen atoms in total. The molecule has 176 valence electrons. The molecular weight excluding hydrogens is 434 g/mol. The summed E-state index contributed by atoms with van der Waals surface area (Å²) in [5.74, 6) is 1.68. The van der Waals surface area contributed by atoms with Gasteiger partial charge in [-0.25, -0.2) is 9.78 Å². The van der Waals surface area contributed by atoms with E-state index in [1.807, 2.05) is 62.4 Å². The van der Waals surface area contributed by atoms with Gasteiger partial charge in [0, 0.05) is 17.5 Å². The smallest absolute Gasteiger partial charge is 0.373 e. The molecule has 0 fully saturated rings. The van der Waals surface area contributed by atoms with Gasteiger partial charge >= 0.3 is 5.97 Å². The number of oxazole rings is 1.